The number of allylic oxidation sites excluding steroid dienone is 2. The third kappa shape index (κ3) is 1.12. The van der Waals surface area contributed by atoms with Crippen molar-refractivity contribution in [1.82, 2.24) is 0 Å². The predicted octanol–water partition coefficient (Wildman–Crippen LogP) is 0.459. The molecule has 2 rings (SSSR count). The number of Topliss-reactive ketones (excluding diaryl/α,β-unsaturated/α-hetero) is 1. The molecule has 0 spiro atoms. The first-order valence-electron chi connectivity index (χ1n) is 5.01. The summed E-state index contributed by atoms with van der Waals surface area (Å²) in [6, 6.07) is 0. The minimum absolute atomic E-state index is 0.220. The number of fused-ring (bicyclic) bond motifs is 1. The molecule has 3 N–H and O–H groups in total. The second-order valence-electron chi connectivity index (χ2n) is 4.16. The number of rotatable bonds is 2. The van der Waals surface area contributed by atoms with Crippen molar-refractivity contribution in [1.29, 1.82) is 0 Å². The molecule has 2 aliphatic rings. The molecular formula is C11H14O4. The van der Waals surface area contributed by atoms with Crippen LogP contribution in [0.1, 0.15) is 19.3 Å². The predicted molar refractivity (Wildman–Crippen MR) is 53.2 cm³/mol. The van der Waals surface area contributed by atoms with Gasteiger partial charge in [0, 0.05) is 5.57 Å². The quantitative estimate of drug-likeness (QED) is 0.578. The summed E-state index contributed by atoms with van der Waals surface area (Å²) < 4.78 is 0. The van der Waals surface area contributed by atoms with Gasteiger partial charge in [0.1, 0.15) is 5.60 Å². The molecule has 0 aromatic carbocycles. The Morgan fingerprint density at radius 3 is 2.80 bits per heavy atom. The largest absolute Gasteiger partial charge is 0.504 e. The van der Waals surface area contributed by atoms with Crippen LogP contribution in [0.5, 0.6) is 0 Å². The van der Waals surface area contributed by atoms with Gasteiger partial charge in [0.2, 0.25) is 5.78 Å². The summed E-state index contributed by atoms with van der Waals surface area (Å²) in [5.74, 6) is -1.52. The van der Waals surface area contributed by atoms with Crippen molar-refractivity contribution in [2.75, 3.05) is 0 Å². The van der Waals surface area contributed by atoms with Crippen molar-refractivity contribution in [2.24, 2.45) is 5.92 Å². The second-order valence-corrected chi connectivity index (χ2v) is 4.16. The van der Waals surface area contributed by atoms with Crippen molar-refractivity contribution in [3.63, 3.8) is 0 Å². The first kappa shape index (κ1) is 10.4. The molecule has 0 saturated heterocycles. The fourth-order valence-corrected chi connectivity index (χ4v) is 2.65. The normalized spacial score (nSPS) is 39.7. The van der Waals surface area contributed by atoms with Crippen LogP contribution in [0.2, 0.25) is 0 Å². The average molecular weight is 210 g/mol. The van der Waals surface area contributed by atoms with Crippen molar-refractivity contribution in [3.05, 3.63) is 24.0 Å². The summed E-state index contributed by atoms with van der Waals surface area (Å²) in [4.78, 5) is 11.6. The van der Waals surface area contributed by atoms with Gasteiger partial charge in [-0.1, -0.05) is 6.08 Å². The number of hydrogen-bond acceptors (Lipinski definition) is 4. The minimum atomic E-state index is -1.56. The highest BCUT2D eigenvalue weighted by Crippen LogP contribution is 2.49. The van der Waals surface area contributed by atoms with Crippen LogP contribution >= 0.6 is 0 Å². The van der Waals surface area contributed by atoms with Gasteiger partial charge in [-0.05, 0) is 19.3 Å². The van der Waals surface area contributed by atoms with Gasteiger partial charge in [0.25, 0.3) is 0 Å². The molecule has 82 valence electrons. The molecule has 15 heavy (non-hydrogen) atoms. The third-order valence-electron chi connectivity index (χ3n) is 3.44. The Morgan fingerprint density at radius 1 is 1.53 bits per heavy atom. The number of carbonyl (C=O) groups excluding carboxylic acids is 1. The molecule has 1 fully saturated rings. The van der Waals surface area contributed by atoms with E-state index >= 15 is 0 Å². The SMILES string of the molecule is C=CCC1=C(O)C(=O)[C@@H]2CC[C@H](O)[C@]12O. The van der Waals surface area contributed by atoms with E-state index in [1.807, 2.05) is 0 Å². The Morgan fingerprint density at radius 2 is 2.20 bits per heavy atom. The van der Waals surface area contributed by atoms with E-state index < -0.39 is 23.4 Å². The van der Waals surface area contributed by atoms with Crippen molar-refractivity contribution in [3.8, 4) is 0 Å². The van der Waals surface area contributed by atoms with Crippen molar-refractivity contribution < 1.29 is 20.1 Å². The van der Waals surface area contributed by atoms with E-state index in [-0.39, 0.29) is 17.8 Å². The maximum Gasteiger partial charge on any atom is 0.203 e. The van der Waals surface area contributed by atoms with Gasteiger partial charge in [-0.15, -0.1) is 6.58 Å². The summed E-state index contributed by atoms with van der Waals surface area (Å²) in [6.07, 6.45) is 1.57. The molecule has 3 atom stereocenters. The zero-order valence-electron chi connectivity index (χ0n) is 8.31. The molecule has 0 amide bonds. The maximum absolute atomic E-state index is 11.6. The van der Waals surface area contributed by atoms with Crippen LogP contribution in [0.25, 0.3) is 0 Å². The van der Waals surface area contributed by atoms with Crippen LogP contribution in [-0.2, 0) is 4.79 Å². The van der Waals surface area contributed by atoms with Gasteiger partial charge >= 0.3 is 0 Å². The molecule has 0 aromatic heterocycles. The van der Waals surface area contributed by atoms with Crippen molar-refractivity contribution >= 4 is 5.78 Å². The lowest BCUT2D eigenvalue weighted by molar-refractivity contribution is -0.126. The first-order valence-corrected chi connectivity index (χ1v) is 5.01. The zero-order valence-corrected chi connectivity index (χ0v) is 8.31. The summed E-state index contributed by atoms with van der Waals surface area (Å²) in [5.41, 5.74) is -1.34. The van der Waals surface area contributed by atoms with Gasteiger partial charge in [0.15, 0.2) is 5.76 Å². The van der Waals surface area contributed by atoms with Crippen LogP contribution < -0.4 is 0 Å². The number of hydrogen-bond donors (Lipinski definition) is 3. The van der Waals surface area contributed by atoms with E-state index in [0.29, 0.717) is 12.8 Å². The fraction of sp³-hybridized carbons (Fsp3) is 0.545. The van der Waals surface area contributed by atoms with E-state index in [0.717, 1.165) is 0 Å². The number of aliphatic hydroxyl groups is 3. The summed E-state index contributed by atoms with van der Waals surface area (Å²) in [7, 11) is 0. The van der Waals surface area contributed by atoms with Gasteiger partial charge < -0.3 is 15.3 Å². The number of aliphatic hydroxyl groups excluding tert-OH is 2. The van der Waals surface area contributed by atoms with Gasteiger partial charge in [-0.3, -0.25) is 4.79 Å². The first-order chi connectivity index (χ1) is 7.03. The number of carbonyl (C=O) groups is 1. The summed E-state index contributed by atoms with van der Waals surface area (Å²) in [5, 5.41) is 29.6. The van der Waals surface area contributed by atoms with E-state index in [1.54, 1.807) is 0 Å². The lowest BCUT2D eigenvalue weighted by Crippen LogP contribution is -2.43. The Kier molecular flexibility index (Phi) is 2.20. The van der Waals surface area contributed by atoms with Crippen LogP contribution in [0.15, 0.2) is 24.0 Å². The molecule has 0 heterocycles. The molecular weight excluding hydrogens is 196 g/mol. The third-order valence-corrected chi connectivity index (χ3v) is 3.44. The standard InChI is InChI=1S/C11H14O4/c1-2-3-6-9(13)10(14)7-4-5-8(12)11(6,7)15/h2,7-8,12-13,15H,1,3-5H2/t7-,8-,11-/m0/s1. The second kappa shape index (κ2) is 3.18. The van der Waals surface area contributed by atoms with Gasteiger partial charge in [-0.25, -0.2) is 0 Å². The van der Waals surface area contributed by atoms with Gasteiger partial charge in [0.05, 0.1) is 12.0 Å². The minimum Gasteiger partial charge on any atom is -0.504 e. The monoisotopic (exact) mass is 210 g/mol. The van der Waals surface area contributed by atoms with E-state index in [9.17, 15) is 20.1 Å². The van der Waals surface area contributed by atoms with E-state index in [1.165, 1.54) is 6.08 Å². The van der Waals surface area contributed by atoms with Crippen LogP contribution in [0, 0.1) is 5.92 Å². The average Bonchev–Trinajstić information content (AvgIpc) is 2.59. The van der Waals surface area contributed by atoms with Crippen LogP contribution in [-0.4, -0.2) is 32.8 Å². The number of ketones is 1. The lowest BCUT2D eigenvalue weighted by Gasteiger charge is -2.28. The molecule has 0 aromatic rings. The summed E-state index contributed by atoms with van der Waals surface area (Å²) >= 11 is 0. The van der Waals surface area contributed by atoms with Gasteiger partial charge in [-0.2, -0.15) is 0 Å². The van der Waals surface area contributed by atoms with Crippen LogP contribution in [0.4, 0.5) is 0 Å². The molecule has 1 saturated carbocycles. The van der Waals surface area contributed by atoms with Crippen molar-refractivity contribution in [2.45, 2.75) is 31.0 Å². The zero-order chi connectivity index (χ0) is 11.2. The Labute approximate surface area is 87.5 Å². The summed E-state index contributed by atoms with van der Waals surface area (Å²) in [6.45, 7) is 3.50. The Hall–Kier alpha value is -1.13. The highest BCUT2D eigenvalue weighted by molar-refractivity contribution is 6.01. The maximum atomic E-state index is 11.6. The highest BCUT2D eigenvalue weighted by Gasteiger charge is 2.60. The molecule has 0 aliphatic heterocycles. The Bertz CT molecular complexity index is 358. The molecule has 4 heteroatoms. The fourth-order valence-electron chi connectivity index (χ4n) is 2.65. The topological polar surface area (TPSA) is 77.8 Å². The van der Waals surface area contributed by atoms with E-state index in [2.05, 4.69) is 6.58 Å². The smallest absolute Gasteiger partial charge is 0.203 e. The van der Waals surface area contributed by atoms with Crippen LogP contribution in [0.3, 0.4) is 0 Å². The lowest BCUT2D eigenvalue weighted by atomic mass is 9.86. The molecule has 2 aliphatic carbocycles. The molecule has 4 nitrogen and oxygen atoms in total. The molecule has 0 radical (unpaired) electrons. The molecule has 0 unspecified atom stereocenters. The van der Waals surface area contributed by atoms with E-state index in [4.69, 9.17) is 0 Å². The Balaban J connectivity index is 2.49. The molecule has 0 bridgehead atoms. The highest BCUT2D eigenvalue weighted by atomic mass is 16.3.